The van der Waals surface area contributed by atoms with Gasteiger partial charge < -0.3 is 11.5 Å². The van der Waals surface area contributed by atoms with Crippen molar-refractivity contribution in [2.75, 3.05) is 26.2 Å². The first kappa shape index (κ1) is 21.8. The zero-order valence-electron chi connectivity index (χ0n) is 16.7. The third-order valence-electron chi connectivity index (χ3n) is 6.31. The molecule has 134 valence electrons. The van der Waals surface area contributed by atoms with Crippen LogP contribution in [0.25, 0.3) is 0 Å². The van der Waals surface area contributed by atoms with Crippen LogP contribution in [0.4, 0.5) is 0 Å². The maximum atomic E-state index is 6.37. The molecule has 0 aromatic heterocycles. The largest absolute Gasteiger partial charge is 0.313 e. The molecule has 0 rings (SSSR count). The van der Waals surface area contributed by atoms with E-state index in [1.807, 2.05) is 6.92 Å². The van der Waals surface area contributed by atoms with E-state index >= 15 is 0 Å². The monoisotopic (exact) mass is 314 g/mol. The minimum absolute atomic E-state index is 0.0174. The Bertz CT molecular complexity index is 300. The van der Waals surface area contributed by atoms with Gasteiger partial charge in [-0.05, 0) is 45.4 Å². The first-order chi connectivity index (χ1) is 10.0. The Morgan fingerprint density at radius 1 is 0.773 bits per heavy atom. The van der Waals surface area contributed by atoms with Crippen LogP contribution in [0, 0.1) is 11.3 Å². The number of hydrogen-bond donors (Lipinski definition) is 2. The fourth-order valence-electron chi connectivity index (χ4n) is 4.09. The average Bonchev–Trinajstić information content (AvgIpc) is 2.45. The van der Waals surface area contributed by atoms with E-state index in [-0.39, 0.29) is 11.1 Å². The van der Waals surface area contributed by atoms with Crippen molar-refractivity contribution in [3.8, 4) is 0 Å². The van der Waals surface area contributed by atoms with Crippen LogP contribution in [0.1, 0.15) is 68.7 Å². The van der Waals surface area contributed by atoms with Gasteiger partial charge in [0.15, 0.2) is 0 Å². The average molecular weight is 315 g/mol. The van der Waals surface area contributed by atoms with Gasteiger partial charge >= 0.3 is 0 Å². The Kier molecular flexibility index (Phi) is 8.03. The number of nitrogens with two attached hydrogens (primary N) is 2. The van der Waals surface area contributed by atoms with Crippen molar-refractivity contribution in [1.82, 2.24) is 9.80 Å². The van der Waals surface area contributed by atoms with Gasteiger partial charge in [-0.25, -0.2) is 0 Å². The zero-order chi connectivity index (χ0) is 17.8. The van der Waals surface area contributed by atoms with E-state index in [0.717, 1.165) is 32.6 Å². The summed E-state index contributed by atoms with van der Waals surface area (Å²) in [6.45, 7) is 24.2. The fourth-order valence-corrected chi connectivity index (χ4v) is 4.09. The molecule has 0 radical (unpaired) electrons. The molecule has 0 aliphatic heterocycles. The summed E-state index contributed by atoms with van der Waals surface area (Å²) in [7, 11) is 0. The van der Waals surface area contributed by atoms with Gasteiger partial charge in [0.05, 0.1) is 11.3 Å². The lowest BCUT2D eigenvalue weighted by molar-refractivity contribution is -0.136. The van der Waals surface area contributed by atoms with E-state index in [1.54, 1.807) is 0 Å². The van der Waals surface area contributed by atoms with Gasteiger partial charge in [0, 0.05) is 5.41 Å². The highest BCUT2D eigenvalue weighted by atomic mass is 15.4. The molecule has 0 saturated carbocycles. The Labute approximate surface area is 139 Å². The first-order valence-electron chi connectivity index (χ1n) is 9.08. The summed E-state index contributed by atoms with van der Waals surface area (Å²) in [4.78, 5) is 5.19. The molecule has 4 nitrogen and oxygen atoms in total. The van der Waals surface area contributed by atoms with Crippen LogP contribution in [0.15, 0.2) is 0 Å². The summed E-state index contributed by atoms with van der Waals surface area (Å²) in [5.74, 6) is 0.338. The summed E-state index contributed by atoms with van der Waals surface area (Å²) in [5.41, 5.74) is 11.8. The predicted octanol–water partition coefficient (Wildman–Crippen LogP) is 3.07. The molecule has 0 aromatic carbocycles. The minimum Gasteiger partial charge on any atom is -0.313 e. The maximum absolute atomic E-state index is 6.37. The van der Waals surface area contributed by atoms with E-state index in [9.17, 15) is 0 Å². The molecule has 4 N–H and O–H groups in total. The van der Waals surface area contributed by atoms with Crippen molar-refractivity contribution in [3.63, 3.8) is 0 Å². The van der Waals surface area contributed by atoms with Crippen LogP contribution in [-0.2, 0) is 0 Å². The third-order valence-corrected chi connectivity index (χ3v) is 6.31. The van der Waals surface area contributed by atoms with Crippen molar-refractivity contribution in [2.45, 2.75) is 80.1 Å². The molecule has 0 fully saturated rings. The third kappa shape index (κ3) is 3.66. The van der Waals surface area contributed by atoms with Crippen LogP contribution >= 0.6 is 0 Å². The molecule has 1 atom stereocenters. The Hall–Kier alpha value is -0.160. The van der Waals surface area contributed by atoms with Crippen molar-refractivity contribution in [2.24, 2.45) is 22.8 Å². The highest BCUT2D eigenvalue weighted by Gasteiger charge is 2.52. The van der Waals surface area contributed by atoms with Crippen LogP contribution in [0.3, 0.4) is 0 Å². The second kappa shape index (κ2) is 8.09. The quantitative estimate of drug-likeness (QED) is 0.608. The summed E-state index contributed by atoms with van der Waals surface area (Å²) in [6, 6.07) is 0. The van der Waals surface area contributed by atoms with Gasteiger partial charge in [0.2, 0.25) is 0 Å². The molecule has 0 saturated heterocycles. The smallest absolute Gasteiger partial charge is 0.0767 e. The molecule has 0 aromatic rings. The Balaban J connectivity index is 6.16. The van der Waals surface area contributed by atoms with Gasteiger partial charge in [0.25, 0.3) is 0 Å². The highest BCUT2D eigenvalue weighted by molar-refractivity contribution is 5.04. The number of hydrogen-bond acceptors (Lipinski definition) is 4. The molecule has 0 amide bonds. The van der Waals surface area contributed by atoms with Gasteiger partial charge in [-0.1, -0.05) is 55.4 Å². The van der Waals surface area contributed by atoms with E-state index in [2.05, 4.69) is 65.2 Å². The SMILES string of the molecule is CCN(CC)C(CC)(C(C)C(C)(C)C(C)(N)N)N(CC)CC. The van der Waals surface area contributed by atoms with Gasteiger partial charge in [-0.2, -0.15) is 0 Å². The number of rotatable bonds is 10. The molecule has 0 heterocycles. The second-order valence-electron chi connectivity index (χ2n) is 7.30. The van der Waals surface area contributed by atoms with Crippen LogP contribution in [0.5, 0.6) is 0 Å². The standard InChI is InChI=1S/C18H42N4/c1-10-18(21(11-2)12-3,22(13-4)14-5)15(6)16(7,8)17(9,19)20/h15H,10-14,19-20H2,1-9H3. The van der Waals surface area contributed by atoms with Crippen molar-refractivity contribution in [3.05, 3.63) is 0 Å². The molecule has 1 unspecified atom stereocenters. The molecular weight excluding hydrogens is 272 g/mol. The summed E-state index contributed by atoms with van der Waals surface area (Å²) >= 11 is 0. The van der Waals surface area contributed by atoms with Crippen molar-refractivity contribution >= 4 is 0 Å². The number of nitrogens with zero attached hydrogens (tertiary/aromatic N) is 2. The maximum Gasteiger partial charge on any atom is 0.0767 e. The minimum atomic E-state index is -0.715. The molecule has 0 aliphatic rings. The lowest BCUT2D eigenvalue weighted by Gasteiger charge is -2.59. The van der Waals surface area contributed by atoms with Crippen molar-refractivity contribution in [1.29, 1.82) is 0 Å². The lowest BCUT2D eigenvalue weighted by atomic mass is 9.64. The molecule has 0 aliphatic carbocycles. The molecule has 0 spiro atoms. The van der Waals surface area contributed by atoms with Crippen LogP contribution in [0.2, 0.25) is 0 Å². The van der Waals surface area contributed by atoms with E-state index in [1.165, 1.54) is 0 Å². The molecule has 0 bridgehead atoms. The topological polar surface area (TPSA) is 58.5 Å². The second-order valence-corrected chi connectivity index (χ2v) is 7.30. The zero-order valence-corrected chi connectivity index (χ0v) is 16.7. The summed E-state index contributed by atoms with van der Waals surface area (Å²) < 4.78 is 0. The van der Waals surface area contributed by atoms with Crippen LogP contribution < -0.4 is 11.5 Å². The van der Waals surface area contributed by atoms with E-state index in [4.69, 9.17) is 11.5 Å². The summed E-state index contributed by atoms with van der Waals surface area (Å²) in [5, 5.41) is 0. The molecular formula is C18H42N4. The Morgan fingerprint density at radius 2 is 1.09 bits per heavy atom. The molecule has 4 heteroatoms. The van der Waals surface area contributed by atoms with Gasteiger partial charge in [-0.15, -0.1) is 0 Å². The first-order valence-corrected chi connectivity index (χ1v) is 9.08. The molecule has 22 heavy (non-hydrogen) atoms. The normalized spacial score (nSPS) is 15.7. The Morgan fingerprint density at radius 3 is 1.27 bits per heavy atom. The van der Waals surface area contributed by atoms with Gasteiger partial charge in [-0.3, -0.25) is 9.80 Å². The van der Waals surface area contributed by atoms with Crippen molar-refractivity contribution < 1.29 is 0 Å². The highest BCUT2D eigenvalue weighted by Crippen LogP contribution is 2.45. The van der Waals surface area contributed by atoms with Gasteiger partial charge in [0.1, 0.15) is 0 Å². The summed E-state index contributed by atoms with van der Waals surface area (Å²) in [6.07, 6.45) is 1.07. The van der Waals surface area contributed by atoms with E-state index < -0.39 is 5.66 Å². The fraction of sp³-hybridized carbons (Fsp3) is 1.00. The predicted molar refractivity (Wildman–Crippen MR) is 98.6 cm³/mol. The van der Waals surface area contributed by atoms with Crippen LogP contribution in [-0.4, -0.2) is 47.3 Å². The van der Waals surface area contributed by atoms with E-state index in [0.29, 0.717) is 5.92 Å². The lowest BCUT2D eigenvalue weighted by Crippen LogP contribution is -2.71.